The van der Waals surface area contributed by atoms with Crippen molar-refractivity contribution in [2.75, 3.05) is 13.7 Å². The van der Waals surface area contributed by atoms with E-state index in [9.17, 15) is 4.79 Å². The number of carbonyl (C=O) groups is 1. The van der Waals surface area contributed by atoms with Gasteiger partial charge >= 0.3 is 5.97 Å². The molecule has 1 aromatic rings. The molecule has 1 N–H and O–H groups in total. The number of hydrogen-bond acceptors (Lipinski definition) is 4. The predicted octanol–water partition coefficient (Wildman–Crippen LogP) is 0.846. The average Bonchev–Trinajstić information content (AvgIpc) is 2.35. The van der Waals surface area contributed by atoms with Gasteiger partial charge in [-0.05, 0) is 24.3 Å². The van der Waals surface area contributed by atoms with Crippen molar-refractivity contribution in [3.8, 4) is 18.1 Å². The number of esters is 1. The first-order valence-electron chi connectivity index (χ1n) is 4.62. The van der Waals surface area contributed by atoms with Gasteiger partial charge in [-0.3, -0.25) is 0 Å². The standard InChI is InChI=1S/C12H12O4/c1-3-10(13)8-16-11-6-4-9(5-7-11)12(14)15-2/h1,4-7,10,13H,8H2,2H3. The third-order valence-corrected chi connectivity index (χ3v) is 1.88. The van der Waals surface area contributed by atoms with Gasteiger partial charge in [0.1, 0.15) is 18.5 Å². The average molecular weight is 220 g/mol. The maximum absolute atomic E-state index is 11.1. The van der Waals surface area contributed by atoms with Gasteiger partial charge in [0.25, 0.3) is 0 Å². The Kier molecular flexibility index (Phi) is 4.37. The highest BCUT2D eigenvalue weighted by molar-refractivity contribution is 5.89. The van der Waals surface area contributed by atoms with Crippen molar-refractivity contribution < 1.29 is 19.4 Å². The van der Waals surface area contributed by atoms with Gasteiger partial charge in [-0.25, -0.2) is 4.79 Å². The van der Waals surface area contributed by atoms with Crippen LogP contribution in [-0.2, 0) is 4.74 Å². The van der Waals surface area contributed by atoms with Crippen LogP contribution in [0.2, 0.25) is 0 Å². The molecule has 84 valence electrons. The highest BCUT2D eigenvalue weighted by Gasteiger charge is 2.05. The third-order valence-electron chi connectivity index (χ3n) is 1.88. The Labute approximate surface area is 93.8 Å². The molecule has 0 bridgehead atoms. The molecule has 0 saturated heterocycles. The van der Waals surface area contributed by atoms with Crippen LogP contribution in [-0.4, -0.2) is 30.9 Å². The monoisotopic (exact) mass is 220 g/mol. The van der Waals surface area contributed by atoms with E-state index in [4.69, 9.17) is 16.3 Å². The third kappa shape index (κ3) is 3.30. The molecule has 0 radical (unpaired) electrons. The SMILES string of the molecule is C#CC(O)COc1ccc(C(=O)OC)cc1. The summed E-state index contributed by atoms with van der Waals surface area (Å²) in [5.41, 5.74) is 0.437. The number of carbonyl (C=O) groups excluding carboxylic acids is 1. The minimum atomic E-state index is -0.930. The fourth-order valence-electron chi connectivity index (χ4n) is 1.03. The number of aliphatic hydroxyl groups is 1. The molecule has 0 fully saturated rings. The number of hydrogen-bond donors (Lipinski definition) is 1. The summed E-state index contributed by atoms with van der Waals surface area (Å²) in [5.74, 6) is 2.25. The second-order valence-corrected chi connectivity index (χ2v) is 3.01. The summed E-state index contributed by atoms with van der Waals surface area (Å²) in [6.45, 7) is 0.0219. The van der Waals surface area contributed by atoms with Crippen LogP contribution in [0.1, 0.15) is 10.4 Å². The van der Waals surface area contributed by atoms with E-state index in [1.165, 1.54) is 7.11 Å². The fourth-order valence-corrected chi connectivity index (χ4v) is 1.03. The van der Waals surface area contributed by atoms with Crippen molar-refractivity contribution in [2.24, 2.45) is 0 Å². The van der Waals surface area contributed by atoms with E-state index in [1.54, 1.807) is 24.3 Å². The number of ether oxygens (including phenoxy) is 2. The molecule has 0 aliphatic heterocycles. The van der Waals surface area contributed by atoms with Gasteiger partial charge in [0.05, 0.1) is 12.7 Å². The van der Waals surface area contributed by atoms with Crippen molar-refractivity contribution in [3.63, 3.8) is 0 Å². The molecule has 1 unspecified atom stereocenters. The summed E-state index contributed by atoms with van der Waals surface area (Å²) >= 11 is 0. The van der Waals surface area contributed by atoms with Crippen LogP contribution in [0.15, 0.2) is 24.3 Å². The van der Waals surface area contributed by atoms with Crippen molar-refractivity contribution in [1.29, 1.82) is 0 Å². The molecule has 1 rings (SSSR count). The van der Waals surface area contributed by atoms with Gasteiger partial charge < -0.3 is 14.6 Å². The first-order valence-corrected chi connectivity index (χ1v) is 4.62. The van der Waals surface area contributed by atoms with Gasteiger partial charge in [-0.15, -0.1) is 6.42 Å². The molecule has 0 aromatic heterocycles. The smallest absolute Gasteiger partial charge is 0.337 e. The molecule has 0 aliphatic carbocycles. The molecule has 0 saturated carbocycles. The molecule has 16 heavy (non-hydrogen) atoms. The van der Waals surface area contributed by atoms with Gasteiger partial charge in [0.2, 0.25) is 0 Å². The minimum absolute atomic E-state index is 0.0219. The van der Waals surface area contributed by atoms with Crippen molar-refractivity contribution >= 4 is 5.97 Å². The number of methoxy groups -OCH3 is 1. The van der Waals surface area contributed by atoms with Crippen LogP contribution in [0.5, 0.6) is 5.75 Å². The summed E-state index contributed by atoms with van der Waals surface area (Å²) in [7, 11) is 1.32. The zero-order valence-corrected chi connectivity index (χ0v) is 8.84. The molecule has 0 heterocycles. The second-order valence-electron chi connectivity index (χ2n) is 3.01. The summed E-state index contributed by atoms with van der Waals surface area (Å²) in [5, 5.41) is 9.06. The summed E-state index contributed by atoms with van der Waals surface area (Å²) in [4.78, 5) is 11.1. The van der Waals surface area contributed by atoms with E-state index in [1.807, 2.05) is 0 Å². The molecule has 4 nitrogen and oxygen atoms in total. The summed E-state index contributed by atoms with van der Waals surface area (Å²) < 4.78 is 9.73. The highest BCUT2D eigenvalue weighted by atomic mass is 16.5. The summed E-state index contributed by atoms with van der Waals surface area (Å²) in [6.07, 6.45) is 4.05. The van der Waals surface area contributed by atoms with Crippen LogP contribution >= 0.6 is 0 Å². The van der Waals surface area contributed by atoms with Crippen LogP contribution in [0.25, 0.3) is 0 Å². The fraction of sp³-hybridized carbons (Fsp3) is 0.250. The molecular formula is C12H12O4. The van der Waals surface area contributed by atoms with Crippen molar-refractivity contribution in [1.82, 2.24) is 0 Å². The Balaban J connectivity index is 2.59. The molecule has 4 heteroatoms. The highest BCUT2D eigenvalue weighted by Crippen LogP contribution is 2.12. The lowest BCUT2D eigenvalue weighted by molar-refractivity contribution is 0.0600. The van der Waals surface area contributed by atoms with Crippen molar-refractivity contribution in [3.05, 3.63) is 29.8 Å². The molecule has 0 aliphatic rings. The quantitative estimate of drug-likeness (QED) is 0.603. The Morgan fingerprint density at radius 3 is 2.62 bits per heavy atom. The Bertz CT molecular complexity index is 388. The number of aliphatic hydroxyl groups excluding tert-OH is 1. The van der Waals surface area contributed by atoms with E-state index in [0.717, 1.165) is 0 Å². The Morgan fingerprint density at radius 1 is 1.50 bits per heavy atom. The zero-order valence-electron chi connectivity index (χ0n) is 8.84. The van der Waals surface area contributed by atoms with Crippen LogP contribution in [0, 0.1) is 12.3 Å². The number of terminal acetylenes is 1. The summed E-state index contributed by atoms with van der Waals surface area (Å²) in [6, 6.07) is 6.36. The molecule has 0 spiro atoms. The molecule has 0 amide bonds. The molecule has 1 aromatic carbocycles. The van der Waals surface area contributed by atoms with E-state index in [0.29, 0.717) is 11.3 Å². The van der Waals surface area contributed by atoms with Gasteiger partial charge in [0.15, 0.2) is 0 Å². The minimum Gasteiger partial charge on any atom is -0.490 e. The van der Waals surface area contributed by atoms with Crippen LogP contribution < -0.4 is 4.74 Å². The van der Waals surface area contributed by atoms with Crippen molar-refractivity contribution in [2.45, 2.75) is 6.10 Å². The Morgan fingerprint density at radius 2 is 2.12 bits per heavy atom. The van der Waals surface area contributed by atoms with Gasteiger partial charge in [-0.2, -0.15) is 0 Å². The lowest BCUT2D eigenvalue weighted by atomic mass is 10.2. The van der Waals surface area contributed by atoms with E-state index >= 15 is 0 Å². The van der Waals surface area contributed by atoms with E-state index in [2.05, 4.69) is 10.7 Å². The Hall–Kier alpha value is -1.99. The van der Waals surface area contributed by atoms with E-state index in [-0.39, 0.29) is 6.61 Å². The maximum Gasteiger partial charge on any atom is 0.337 e. The number of benzene rings is 1. The number of rotatable bonds is 4. The van der Waals surface area contributed by atoms with Gasteiger partial charge in [0, 0.05) is 0 Å². The van der Waals surface area contributed by atoms with Gasteiger partial charge in [-0.1, -0.05) is 5.92 Å². The topological polar surface area (TPSA) is 55.8 Å². The first kappa shape index (κ1) is 12.1. The van der Waals surface area contributed by atoms with Crippen LogP contribution in [0.3, 0.4) is 0 Å². The maximum atomic E-state index is 11.1. The predicted molar refractivity (Wildman–Crippen MR) is 58.1 cm³/mol. The first-order chi connectivity index (χ1) is 7.67. The van der Waals surface area contributed by atoms with E-state index < -0.39 is 12.1 Å². The normalized spacial score (nSPS) is 11.3. The van der Waals surface area contributed by atoms with Crippen LogP contribution in [0.4, 0.5) is 0 Å². The zero-order chi connectivity index (χ0) is 12.0. The molecule has 1 atom stereocenters. The lowest BCUT2D eigenvalue weighted by Gasteiger charge is -2.07. The largest absolute Gasteiger partial charge is 0.490 e. The molecular weight excluding hydrogens is 208 g/mol. The lowest BCUT2D eigenvalue weighted by Crippen LogP contribution is -2.14. The second kappa shape index (κ2) is 5.79.